The highest BCUT2D eigenvalue weighted by atomic mass is 16.1. The zero-order chi connectivity index (χ0) is 13.4. The van der Waals surface area contributed by atoms with Crippen LogP contribution in [0.1, 0.15) is 6.92 Å². The summed E-state index contributed by atoms with van der Waals surface area (Å²) >= 11 is 0. The number of aromatic nitrogens is 3. The van der Waals surface area contributed by atoms with Crippen molar-refractivity contribution < 1.29 is 0 Å². The Balaban J connectivity index is 1.90. The quantitative estimate of drug-likeness (QED) is 0.823. The van der Waals surface area contributed by atoms with Crippen molar-refractivity contribution in [1.82, 2.24) is 19.9 Å². The predicted molar refractivity (Wildman–Crippen MR) is 72.5 cm³/mol. The van der Waals surface area contributed by atoms with Gasteiger partial charge < -0.3 is 5.73 Å². The Hall–Kier alpha value is -1.79. The molecule has 0 bridgehead atoms. The maximum absolute atomic E-state index is 12.3. The van der Waals surface area contributed by atoms with Gasteiger partial charge in [-0.15, -0.1) is 5.10 Å². The summed E-state index contributed by atoms with van der Waals surface area (Å²) < 4.78 is 1.41. The number of hydrogen-bond acceptors (Lipinski definition) is 5. The molecular weight excluding hydrogens is 242 g/mol. The van der Waals surface area contributed by atoms with Crippen LogP contribution in [0.2, 0.25) is 0 Å². The molecule has 0 saturated carbocycles. The molecule has 0 aliphatic carbocycles. The lowest BCUT2D eigenvalue weighted by atomic mass is 10.1. The van der Waals surface area contributed by atoms with E-state index in [0.717, 1.165) is 13.1 Å². The molecule has 19 heavy (non-hydrogen) atoms. The van der Waals surface area contributed by atoms with Crippen LogP contribution < -0.4 is 11.3 Å². The van der Waals surface area contributed by atoms with Gasteiger partial charge >= 0.3 is 0 Å². The third kappa shape index (κ3) is 2.24. The summed E-state index contributed by atoms with van der Waals surface area (Å²) in [7, 11) is 0. The monoisotopic (exact) mass is 259 g/mol. The lowest BCUT2D eigenvalue weighted by Gasteiger charge is -2.15. The Labute approximate surface area is 110 Å². The van der Waals surface area contributed by atoms with Gasteiger partial charge in [-0.3, -0.25) is 9.69 Å². The third-order valence-electron chi connectivity index (χ3n) is 3.71. The molecule has 2 heterocycles. The zero-order valence-corrected chi connectivity index (χ0v) is 10.9. The topological polar surface area (TPSA) is 77.0 Å². The van der Waals surface area contributed by atoms with Gasteiger partial charge in [-0.05, 0) is 18.1 Å². The van der Waals surface area contributed by atoms with Crippen LogP contribution in [0.4, 0.5) is 0 Å². The number of nitrogens with zero attached hydrogens (tertiary/aromatic N) is 4. The summed E-state index contributed by atoms with van der Waals surface area (Å²) in [5.74, 6) is 0.448. The fourth-order valence-corrected chi connectivity index (χ4v) is 2.52. The molecule has 1 aliphatic heterocycles. The molecule has 2 atom stereocenters. The van der Waals surface area contributed by atoms with Crippen LogP contribution in [0, 0.1) is 5.92 Å². The maximum atomic E-state index is 12.3. The number of rotatable bonds is 2. The van der Waals surface area contributed by atoms with Gasteiger partial charge in [0.05, 0.1) is 12.1 Å². The number of benzene rings is 1. The van der Waals surface area contributed by atoms with Crippen molar-refractivity contribution in [3.05, 3.63) is 34.6 Å². The highest BCUT2D eigenvalue weighted by Gasteiger charge is 2.26. The molecule has 3 rings (SSSR count). The van der Waals surface area contributed by atoms with Crippen molar-refractivity contribution in [2.45, 2.75) is 19.6 Å². The van der Waals surface area contributed by atoms with Crippen LogP contribution in [-0.4, -0.2) is 39.0 Å². The Bertz CT molecular complexity index is 643. The molecule has 2 unspecified atom stereocenters. The summed E-state index contributed by atoms with van der Waals surface area (Å²) in [5, 5.41) is 8.67. The minimum absolute atomic E-state index is 0.0984. The van der Waals surface area contributed by atoms with Gasteiger partial charge in [0, 0.05) is 19.1 Å². The fourth-order valence-electron chi connectivity index (χ4n) is 2.52. The molecule has 100 valence electrons. The molecule has 6 nitrogen and oxygen atoms in total. The van der Waals surface area contributed by atoms with E-state index >= 15 is 0 Å². The minimum Gasteiger partial charge on any atom is -0.326 e. The standard InChI is InChI=1S/C13H17N5O/c1-9-6-17(7-11(9)14)8-18-13(19)10-4-2-3-5-12(10)15-16-18/h2-5,9,11H,6-8,14H2,1H3. The summed E-state index contributed by atoms with van der Waals surface area (Å²) in [4.78, 5) is 14.4. The molecule has 0 radical (unpaired) electrons. The van der Waals surface area contributed by atoms with Crippen LogP contribution >= 0.6 is 0 Å². The summed E-state index contributed by atoms with van der Waals surface area (Å²) in [6.45, 7) is 4.26. The van der Waals surface area contributed by atoms with Gasteiger partial charge in [0.15, 0.2) is 0 Å². The first-order chi connectivity index (χ1) is 9.15. The zero-order valence-electron chi connectivity index (χ0n) is 10.9. The van der Waals surface area contributed by atoms with Crippen molar-refractivity contribution in [3.63, 3.8) is 0 Å². The van der Waals surface area contributed by atoms with Crippen molar-refractivity contribution >= 4 is 10.9 Å². The van der Waals surface area contributed by atoms with Crippen molar-refractivity contribution in [2.75, 3.05) is 13.1 Å². The summed E-state index contributed by atoms with van der Waals surface area (Å²) in [5.41, 5.74) is 6.52. The first kappa shape index (κ1) is 12.3. The first-order valence-corrected chi connectivity index (χ1v) is 6.45. The third-order valence-corrected chi connectivity index (χ3v) is 3.71. The lowest BCUT2D eigenvalue weighted by molar-refractivity contribution is 0.237. The van der Waals surface area contributed by atoms with Gasteiger partial charge in [-0.2, -0.15) is 4.68 Å². The van der Waals surface area contributed by atoms with Gasteiger partial charge in [-0.1, -0.05) is 24.3 Å². The van der Waals surface area contributed by atoms with E-state index in [-0.39, 0.29) is 11.6 Å². The van der Waals surface area contributed by atoms with Crippen molar-refractivity contribution in [1.29, 1.82) is 0 Å². The fraction of sp³-hybridized carbons (Fsp3) is 0.462. The maximum Gasteiger partial charge on any atom is 0.278 e. The normalized spacial score (nSPS) is 24.1. The van der Waals surface area contributed by atoms with E-state index < -0.39 is 0 Å². The van der Waals surface area contributed by atoms with Gasteiger partial charge in [0.25, 0.3) is 5.56 Å². The Morgan fingerprint density at radius 2 is 2.16 bits per heavy atom. The Morgan fingerprint density at radius 3 is 2.89 bits per heavy atom. The van der Waals surface area contributed by atoms with E-state index in [1.807, 2.05) is 12.1 Å². The van der Waals surface area contributed by atoms with E-state index in [0.29, 0.717) is 23.5 Å². The van der Waals surface area contributed by atoms with E-state index in [9.17, 15) is 4.79 Å². The van der Waals surface area contributed by atoms with Crippen LogP contribution in [0.25, 0.3) is 10.9 Å². The molecule has 2 N–H and O–H groups in total. The van der Waals surface area contributed by atoms with Gasteiger partial charge in [0.2, 0.25) is 0 Å². The highest BCUT2D eigenvalue weighted by molar-refractivity contribution is 5.76. The molecule has 1 aliphatic rings. The molecular formula is C13H17N5O. The minimum atomic E-state index is -0.0984. The number of likely N-dealkylation sites (tertiary alicyclic amines) is 1. The van der Waals surface area contributed by atoms with Gasteiger partial charge in [-0.25, -0.2) is 0 Å². The number of nitrogens with two attached hydrogens (primary N) is 1. The van der Waals surface area contributed by atoms with Crippen LogP contribution in [-0.2, 0) is 6.67 Å². The number of hydrogen-bond donors (Lipinski definition) is 1. The molecule has 1 aromatic carbocycles. The average molecular weight is 259 g/mol. The van der Waals surface area contributed by atoms with Crippen molar-refractivity contribution in [2.24, 2.45) is 11.7 Å². The summed E-state index contributed by atoms with van der Waals surface area (Å²) in [6, 6.07) is 7.43. The second kappa shape index (κ2) is 4.71. The molecule has 2 aromatic rings. The molecule has 1 saturated heterocycles. The van der Waals surface area contributed by atoms with Crippen LogP contribution in [0.3, 0.4) is 0 Å². The predicted octanol–water partition coefficient (Wildman–Crippen LogP) is 0.0280. The number of fused-ring (bicyclic) bond motifs is 1. The van der Waals surface area contributed by atoms with Crippen LogP contribution in [0.5, 0.6) is 0 Å². The van der Waals surface area contributed by atoms with E-state index in [1.165, 1.54) is 4.68 Å². The Morgan fingerprint density at radius 1 is 1.37 bits per heavy atom. The van der Waals surface area contributed by atoms with E-state index in [4.69, 9.17) is 5.73 Å². The largest absolute Gasteiger partial charge is 0.326 e. The molecule has 6 heteroatoms. The molecule has 0 amide bonds. The average Bonchev–Trinajstić information content (AvgIpc) is 2.72. The molecule has 0 spiro atoms. The smallest absolute Gasteiger partial charge is 0.278 e. The molecule has 1 fully saturated rings. The second-order valence-electron chi connectivity index (χ2n) is 5.23. The first-order valence-electron chi connectivity index (χ1n) is 6.45. The summed E-state index contributed by atoms with van der Waals surface area (Å²) in [6.07, 6.45) is 0. The Kier molecular flexibility index (Phi) is 3.04. The van der Waals surface area contributed by atoms with Crippen molar-refractivity contribution in [3.8, 4) is 0 Å². The van der Waals surface area contributed by atoms with E-state index in [1.54, 1.807) is 12.1 Å². The molecule has 1 aromatic heterocycles. The SMILES string of the molecule is CC1CN(Cn2nnc3ccccc3c2=O)CC1N. The van der Waals surface area contributed by atoms with Gasteiger partial charge in [0.1, 0.15) is 5.52 Å². The highest BCUT2D eigenvalue weighted by Crippen LogP contribution is 2.14. The van der Waals surface area contributed by atoms with Crippen LogP contribution in [0.15, 0.2) is 29.1 Å². The lowest BCUT2D eigenvalue weighted by Crippen LogP contribution is -2.34. The second-order valence-corrected chi connectivity index (χ2v) is 5.23. The van der Waals surface area contributed by atoms with E-state index in [2.05, 4.69) is 22.1 Å².